The van der Waals surface area contributed by atoms with E-state index in [1.54, 1.807) is 0 Å². The maximum Gasteiger partial charge on any atom is 0.131 e. The van der Waals surface area contributed by atoms with Gasteiger partial charge in [0.25, 0.3) is 0 Å². The topological polar surface area (TPSA) is 41.8 Å². The third-order valence-corrected chi connectivity index (χ3v) is 2.68. The van der Waals surface area contributed by atoms with Crippen molar-refractivity contribution in [2.45, 2.75) is 26.2 Å². The Bertz CT molecular complexity index is 397. The van der Waals surface area contributed by atoms with Crippen molar-refractivity contribution in [2.75, 3.05) is 6.61 Å². The number of rotatable bonds is 1. The van der Waals surface area contributed by atoms with E-state index < -0.39 is 0 Å². The average molecular weight is 205 g/mol. The molecule has 1 aromatic rings. The molecule has 0 aliphatic carbocycles. The number of ether oxygens (including phenoxy) is 1. The smallest absolute Gasteiger partial charge is 0.131 e. The van der Waals surface area contributed by atoms with Crippen molar-refractivity contribution in [2.24, 2.45) is 5.16 Å². The van der Waals surface area contributed by atoms with Gasteiger partial charge in [0.05, 0.1) is 12.3 Å². The molecule has 3 heteroatoms. The fourth-order valence-electron chi connectivity index (χ4n) is 1.89. The second-order valence-corrected chi connectivity index (χ2v) is 4.02. The second-order valence-electron chi connectivity index (χ2n) is 4.02. The lowest BCUT2D eigenvalue weighted by Gasteiger charge is -2.22. The predicted octanol–water partition coefficient (Wildman–Crippen LogP) is 2.77. The highest BCUT2D eigenvalue weighted by atomic mass is 16.5. The van der Waals surface area contributed by atoms with Crippen LogP contribution in [-0.4, -0.2) is 17.5 Å². The first kappa shape index (κ1) is 10.0. The third-order valence-electron chi connectivity index (χ3n) is 2.68. The van der Waals surface area contributed by atoms with Gasteiger partial charge in [-0.3, -0.25) is 0 Å². The normalized spacial score (nSPS) is 17.7. The first-order valence-electron chi connectivity index (χ1n) is 5.21. The highest BCUT2D eigenvalue weighted by Crippen LogP contribution is 2.33. The molecule has 1 aromatic carbocycles. The van der Waals surface area contributed by atoms with Gasteiger partial charge < -0.3 is 9.94 Å². The molecule has 0 amide bonds. The molecule has 2 rings (SSSR count). The van der Waals surface area contributed by atoms with Gasteiger partial charge >= 0.3 is 0 Å². The van der Waals surface area contributed by atoms with Gasteiger partial charge in [0, 0.05) is 12.0 Å². The van der Waals surface area contributed by atoms with Gasteiger partial charge in [0.1, 0.15) is 5.75 Å². The summed E-state index contributed by atoms with van der Waals surface area (Å²) in [6, 6.07) is 5.98. The highest BCUT2D eigenvalue weighted by molar-refractivity contribution is 6.03. The van der Waals surface area contributed by atoms with Crippen LogP contribution in [0.3, 0.4) is 0 Å². The molecule has 80 valence electrons. The van der Waals surface area contributed by atoms with Gasteiger partial charge in [-0.05, 0) is 17.5 Å². The van der Waals surface area contributed by atoms with Gasteiger partial charge in [-0.2, -0.15) is 0 Å². The summed E-state index contributed by atoms with van der Waals surface area (Å²) in [5.41, 5.74) is 2.82. The molecular formula is C12H15NO2. The van der Waals surface area contributed by atoms with E-state index >= 15 is 0 Å². The van der Waals surface area contributed by atoms with Crippen molar-refractivity contribution in [3.05, 3.63) is 29.3 Å². The van der Waals surface area contributed by atoms with Crippen LogP contribution in [0.15, 0.2) is 23.4 Å². The Balaban J connectivity index is 2.56. The van der Waals surface area contributed by atoms with Crippen molar-refractivity contribution in [3.63, 3.8) is 0 Å². The standard InChI is InChI=1S/C12H15NO2/c1-8(2)9-4-3-5-10-11(13-14)6-7-15-12(9)10/h3-5,8,14H,6-7H2,1-2H3/b13-11+. The Kier molecular flexibility index (Phi) is 2.62. The Morgan fingerprint density at radius 3 is 2.87 bits per heavy atom. The van der Waals surface area contributed by atoms with E-state index in [1.807, 2.05) is 12.1 Å². The quantitative estimate of drug-likeness (QED) is 0.565. The summed E-state index contributed by atoms with van der Waals surface area (Å²) in [7, 11) is 0. The Labute approximate surface area is 89.4 Å². The molecule has 0 bridgehead atoms. The summed E-state index contributed by atoms with van der Waals surface area (Å²) in [5, 5.41) is 12.2. The summed E-state index contributed by atoms with van der Waals surface area (Å²) >= 11 is 0. The molecule has 1 aliphatic heterocycles. The number of nitrogens with zero attached hydrogens (tertiary/aromatic N) is 1. The summed E-state index contributed by atoms with van der Waals surface area (Å²) in [4.78, 5) is 0. The number of hydrogen-bond donors (Lipinski definition) is 1. The molecule has 0 fully saturated rings. The lowest BCUT2D eigenvalue weighted by Crippen LogP contribution is -2.17. The largest absolute Gasteiger partial charge is 0.492 e. The van der Waals surface area contributed by atoms with E-state index in [1.165, 1.54) is 5.56 Å². The monoisotopic (exact) mass is 205 g/mol. The van der Waals surface area contributed by atoms with Crippen molar-refractivity contribution >= 4 is 5.71 Å². The lowest BCUT2D eigenvalue weighted by atomic mass is 9.95. The SMILES string of the molecule is CC(C)c1cccc2c1OCC/C2=N\O. The van der Waals surface area contributed by atoms with E-state index in [4.69, 9.17) is 9.94 Å². The van der Waals surface area contributed by atoms with Gasteiger partial charge in [-0.15, -0.1) is 0 Å². The number of benzene rings is 1. The lowest BCUT2D eigenvalue weighted by molar-refractivity contribution is 0.296. The molecule has 1 heterocycles. The molecule has 15 heavy (non-hydrogen) atoms. The zero-order valence-corrected chi connectivity index (χ0v) is 9.03. The van der Waals surface area contributed by atoms with Crippen LogP contribution in [0.1, 0.15) is 37.3 Å². The fraction of sp³-hybridized carbons (Fsp3) is 0.417. The Morgan fingerprint density at radius 1 is 1.40 bits per heavy atom. The summed E-state index contributed by atoms with van der Waals surface area (Å²) in [5.74, 6) is 1.30. The summed E-state index contributed by atoms with van der Waals surface area (Å²) < 4.78 is 5.66. The third kappa shape index (κ3) is 1.69. The van der Waals surface area contributed by atoms with E-state index in [2.05, 4.69) is 25.1 Å². The molecular weight excluding hydrogens is 190 g/mol. The minimum Gasteiger partial charge on any atom is -0.492 e. The molecule has 1 N–H and O–H groups in total. The first-order chi connectivity index (χ1) is 7.24. The number of fused-ring (bicyclic) bond motifs is 1. The second kappa shape index (κ2) is 3.93. The van der Waals surface area contributed by atoms with E-state index in [0.717, 1.165) is 17.0 Å². The maximum absolute atomic E-state index is 8.90. The van der Waals surface area contributed by atoms with Gasteiger partial charge in [0.2, 0.25) is 0 Å². The van der Waals surface area contributed by atoms with Crippen LogP contribution in [0.4, 0.5) is 0 Å². The molecule has 0 saturated carbocycles. The van der Waals surface area contributed by atoms with Gasteiger partial charge in [-0.25, -0.2) is 0 Å². The first-order valence-corrected chi connectivity index (χ1v) is 5.21. The van der Waals surface area contributed by atoms with E-state index in [9.17, 15) is 0 Å². The van der Waals surface area contributed by atoms with E-state index in [-0.39, 0.29) is 0 Å². The molecule has 0 unspecified atom stereocenters. The van der Waals surface area contributed by atoms with Crippen LogP contribution < -0.4 is 4.74 Å². The fourth-order valence-corrected chi connectivity index (χ4v) is 1.89. The van der Waals surface area contributed by atoms with Gasteiger partial charge in [-0.1, -0.05) is 31.1 Å². The predicted molar refractivity (Wildman–Crippen MR) is 59.0 cm³/mol. The van der Waals surface area contributed by atoms with Crippen LogP contribution in [-0.2, 0) is 0 Å². The average Bonchev–Trinajstić information content (AvgIpc) is 2.27. The molecule has 0 radical (unpaired) electrons. The van der Waals surface area contributed by atoms with Crippen LogP contribution in [0.5, 0.6) is 5.75 Å². The number of hydrogen-bond acceptors (Lipinski definition) is 3. The van der Waals surface area contributed by atoms with E-state index in [0.29, 0.717) is 18.9 Å². The minimum absolute atomic E-state index is 0.415. The minimum atomic E-state index is 0.415. The zero-order valence-electron chi connectivity index (χ0n) is 9.03. The molecule has 0 spiro atoms. The van der Waals surface area contributed by atoms with Crippen molar-refractivity contribution in [1.82, 2.24) is 0 Å². The van der Waals surface area contributed by atoms with Gasteiger partial charge in [0.15, 0.2) is 0 Å². The molecule has 0 atom stereocenters. The van der Waals surface area contributed by atoms with Crippen molar-refractivity contribution < 1.29 is 9.94 Å². The molecule has 0 saturated heterocycles. The highest BCUT2D eigenvalue weighted by Gasteiger charge is 2.20. The number of para-hydroxylation sites is 1. The van der Waals surface area contributed by atoms with Crippen LogP contribution >= 0.6 is 0 Å². The summed E-state index contributed by atoms with van der Waals surface area (Å²) in [6.45, 7) is 4.85. The Hall–Kier alpha value is -1.51. The van der Waals surface area contributed by atoms with Crippen molar-refractivity contribution in [3.8, 4) is 5.75 Å². The van der Waals surface area contributed by atoms with Crippen LogP contribution in [0, 0.1) is 0 Å². The van der Waals surface area contributed by atoms with Crippen LogP contribution in [0.2, 0.25) is 0 Å². The molecule has 1 aliphatic rings. The number of oxime groups is 1. The van der Waals surface area contributed by atoms with Crippen molar-refractivity contribution in [1.29, 1.82) is 0 Å². The summed E-state index contributed by atoms with van der Waals surface area (Å²) in [6.07, 6.45) is 0.672. The Morgan fingerprint density at radius 2 is 2.20 bits per heavy atom. The molecule has 3 nitrogen and oxygen atoms in total. The molecule has 0 aromatic heterocycles. The van der Waals surface area contributed by atoms with Crippen LogP contribution in [0.25, 0.3) is 0 Å². The maximum atomic E-state index is 8.90. The zero-order chi connectivity index (χ0) is 10.8.